The van der Waals surface area contributed by atoms with Crippen molar-refractivity contribution in [3.05, 3.63) is 11.6 Å². The molecule has 1 heterocycles. The summed E-state index contributed by atoms with van der Waals surface area (Å²) >= 11 is 0. The number of hydrogen-bond donors (Lipinski definition) is 1. The molecule has 2 aliphatic rings. The molecule has 1 unspecified atom stereocenters. The van der Waals surface area contributed by atoms with Crippen LogP contribution in [0.5, 0.6) is 0 Å². The molecule has 1 aliphatic carbocycles. The van der Waals surface area contributed by atoms with E-state index in [1.165, 1.54) is 57.2 Å². The highest BCUT2D eigenvalue weighted by atomic mass is 16.3. The number of nitrogens with zero attached hydrogens (tertiary/aromatic N) is 1. The van der Waals surface area contributed by atoms with Gasteiger partial charge in [0, 0.05) is 6.54 Å². The molecule has 0 aromatic rings. The van der Waals surface area contributed by atoms with Crippen molar-refractivity contribution in [3.63, 3.8) is 0 Å². The minimum Gasteiger partial charge on any atom is -0.391 e. The average Bonchev–Trinajstić information content (AvgIpc) is 2.71. The first-order chi connectivity index (χ1) is 7.34. The van der Waals surface area contributed by atoms with Crippen molar-refractivity contribution in [1.82, 2.24) is 4.90 Å². The van der Waals surface area contributed by atoms with Gasteiger partial charge in [-0.25, -0.2) is 0 Å². The predicted molar refractivity (Wildman–Crippen MR) is 62.8 cm³/mol. The summed E-state index contributed by atoms with van der Waals surface area (Å²) in [5, 5.41) is 9.98. The summed E-state index contributed by atoms with van der Waals surface area (Å²) in [7, 11) is 0. The highest BCUT2D eigenvalue weighted by Gasteiger charge is 2.17. The number of hydrogen-bond acceptors (Lipinski definition) is 2. The maximum Gasteiger partial charge on any atom is 0.0704 e. The Kier molecular flexibility index (Phi) is 4.21. The molecule has 1 saturated heterocycles. The Bertz CT molecular complexity index is 219. The predicted octanol–water partition coefficient (Wildman–Crippen LogP) is 2.33. The number of aliphatic hydroxyl groups excluding tert-OH is 1. The Hall–Kier alpha value is -0.340. The zero-order valence-electron chi connectivity index (χ0n) is 9.62. The van der Waals surface area contributed by atoms with Gasteiger partial charge in [-0.15, -0.1) is 0 Å². The van der Waals surface area contributed by atoms with Crippen molar-refractivity contribution >= 4 is 0 Å². The first-order valence-electron chi connectivity index (χ1n) is 6.43. The topological polar surface area (TPSA) is 23.5 Å². The van der Waals surface area contributed by atoms with E-state index in [0.717, 1.165) is 13.0 Å². The Labute approximate surface area is 93.0 Å². The van der Waals surface area contributed by atoms with Gasteiger partial charge in [-0.2, -0.15) is 0 Å². The van der Waals surface area contributed by atoms with Crippen LogP contribution < -0.4 is 0 Å². The minimum absolute atomic E-state index is 0.132. The number of β-amino-alcohol motifs (C(OH)–C–C–N with tert-alkyl or cyclic N) is 1. The Morgan fingerprint density at radius 2 is 2.00 bits per heavy atom. The normalized spacial score (nSPS) is 25.3. The van der Waals surface area contributed by atoms with Gasteiger partial charge in [-0.05, 0) is 58.0 Å². The third-order valence-electron chi connectivity index (χ3n) is 3.55. The molecule has 1 atom stereocenters. The van der Waals surface area contributed by atoms with Crippen LogP contribution in [0.2, 0.25) is 0 Å². The standard InChI is InChI=1S/C13H23NO/c15-13(11-14-8-4-5-9-14)10-12-6-2-1-3-7-12/h6,13,15H,1-5,7-11H2. The van der Waals surface area contributed by atoms with Gasteiger partial charge in [0.05, 0.1) is 6.10 Å². The maximum atomic E-state index is 9.98. The van der Waals surface area contributed by atoms with Gasteiger partial charge in [0.15, 0.2) is 0 Å². The second-order valence-electron chi connectivity index (χ2n) is 4.97. The van der Waals surface area contributed by atoms with Gasteiger partial charge in [0.1, 0.15) is 0 Å². The molecule has 2 rings (SSSR count). The molecule has 2 heteroatoms. The van der Waals surface area contributed by atoms with Gasteiger partial charge < -0.3 is 10.0 Å². The Balaban J connectivity index is 1.71. The molecular weight excluding hydrogens is 186 g/mol. The highest BCUT2D eigenvalue weighted by Crippen LogP contribution is 2.22. The van der Waals surface area contributed by atoms with E-state index in [0.29, 0.717) is 0 Å². The van der Waals surface area contributed by atoms with E-state index in [1.807, 2.05) is 0 Å². The van der Waals surface area contributed by atoms with Gasteiger partial charge in [-0.3, -0.25) is 0 Å². The monoisotopic (exact) mass is 209 g/mol. The van der Waals surface area contributed by atoms with Crippen LogP contribution in [-0.2, 0) is 0 Å². The van der Waals surface area contributed by atoms with Crippen LogP contribution in [0.4, 0.5) is 0 Å². The highest BCUT2D eigenvalue weighted by molar-refractivity contribution is 5.06. The molecule has 0 bridgehead atoms. The lowest BCUT2D eigenvalue weighted by molar-refractivity contribution is 0.124. The number of allylic oxidation sites excluding steroid dienone is 1. The quantitative estimate of drug-likeness (QED) is 0.718. The smallest absolute Gasteiger partial charge is 0.0704 e. The number of likely N-dealkylation sites (tertiary alicyclic amines) is 1. The fourth-order valence-electron chi connectivity index (χ4n) is 2.72. The summed E-state index contributed by atoms with van der Waals surface area (Å²) in [5.41, 5.74) is 1.49. The van der Waals surface area contributed by atoms with E-state index in [1.54, 1.807) is 0 Å². The largest absolute Gasteiger partial charge is 0.391 e. The second kappa shape index (κ2) is 5.66. The third kappa shape index (κ3) is 3.62. The summed E-state index contributed by atoms with van der Waals surface area (Å²) in [5.74, 6) is 0. The molecule has 0 aromatic carbocycles. The van der Waals surface area contributed by atoms with Gasteiger partial charge >= 0.3 is 0 Å². The summed E-state index contributed by atoms with van der Waals surface area (Å²) in [6, 6.07) is 0. The van der Waals surface area contributed by atoms with E-state index in [4.69, 9.17) is 0 Å². The molecule has 15 heavy (non-hydrogen) atoms. The molecule has 0 radical (unpaired) electrons. The van der Waals surface area contributed by atoms with Crippen LogP contribution >= 0.6 is 0 Å². The molecule has 1 N–H and O–H groups in total. The van der Waals surface area contributed by atoms with Crippen LogP contribution in [0.1, 0.15) is 44.9 Å². The summed E-state index contributed by atoms with van der Waals surface area (Å²) in [6.07, 6.45) is 10.9. The van der Waals surface area contributed by atoms with Crippen molar-refractivity contribution in [3.8, 4) is 0 Å². The SMILES string of the molecule is OC(CC1=CCCCC1)CN1CCCC1. The van der Waals surface area contributed by atoms with Crippen LogP contribution in [0, 0.1) is 0 Å². The van der Waals surface area contributed by atoms with Gasteiger partial charge in [0.25, 0.3) is 0 Å². The molecule has 86 valence electrons. The molecule has 0 saturated carbocycles. The molecule has 0 aromatic heterocycles. The van der Waals surface area contributed by atoms with Crippen molar-refractivity contribution in [2.24, 2.45) is 0 Å². The molecule has 1 aliphatic heterocycles. The van der Waals surface area contributed by atoms with Crippen LogP contribution in [0.15, 0.2) is 11.6 Å². The lowest BCUT2D eigenvalue weighted by Gasteiger charge is -2.21. The molecule has 0 amide bonds. The summed E-state index contributed by atoms with van der Waals surface area (Å²) in [6.45, 7) is 3.27. The lowest BCUT2D eigenvalue weighted by Crippen LogP contribution is -2.30. The number of aliphatic hydroxyl groups is 1. The third-order valence-corrected chi connectivity index (χ3v) is 3.55. The van der Waals surface area contributed by atoms with E-state index >= 15 is 0 Å². The Morgan fingerprint density at radius 3 is 2.67 bits per heavy atom. The molecule has 2 nitrogen and oxygen atoms in total. The van der Waals surface area contributed by atoms with Crippen LogP contribution in [0.3, 0.4) is 0 Å². The van der Waals surface area contributed by atoms with E-state index in [2.05, 4.69) is 11.0 Å². The van der Waals surface area contributed by atoms with Crippen molar-refractivity contribution < 1.29 is 5.11 Å². The minimum atomic E-state index is -0.132. The van der Waals surface area contributed by atoms with E-state index in [-0.39, 0.29) is 6.10 Å². The first-order valence-corrected chi connectivity index (χ1v) is 6.43. The van der Waals surface area contributed by atoms with Gasteiger partial charge in [-0.1, -0.05) is 11.6 Å². The maximum absolute atomic E-state index is 9.98. The van der Waals surface area contributed by atoms with E-state index < -0.39 is 0 Å². The summed E-state index contributed by atoms with van der Waals surface area (Å²) in [4.78, 5) is 2.40. The fourth-order valence-corrected chi connectivity index (χ4v) is 2.72. The van der Waals surface area contributed by atoms with Crippen molar-refractivity contribution in [1.29, 1.82) is 0 Å². The molecule has 0 spiro atoms. The molecule has 1 fully saturated rings. The second-order valence-corrected chi connectivity index (χ2v) is 4.97. The van der Waals surface area contributed by atoms with Crippen LogP contribution in [-0.4, -0.2) is 35.7 Å². The van der Waals surface area contributed by atoms with Crippen LogP contribution in [0.25, 0.3) is 0 Å². The fraction of sp³-hybridized carbons (Fsp3) is 0.846. The number of rotatable bonds is 4. The molecular formula is C13H23NO. The summed E-state index contributed by atoms with van der Waals surface area (Å²) < 4.78 is 0. The average molecular weight is 209 g/mol. The zero-order valence-corrected chi connectivity index (χ0v) is 9.62. The lowest BCUT2D eigenvalue weighted by atomic mass is 9.95. The van der Waals surface area contributed by atoms with E-state index in [9.17, 15) is 5.11 Å². The van der Waals surface area contributed by atoms with Crippen molar-refractivity contribution in [2.45, 2.75) is 51.0 Å². The first kappa shape index (κ1) is 11.2. The Morgan fingerprint density at radius 1 is 1.20 bits per heavy atom. The zero-order chi connectivity index (χ0) is 10.5. The van der Waals surface area contributed by atoms with Gasteiger partial charge in [0.2, 0.25) is 0 Å². The van der Waals surface area contributed by atoms with Crippen molar-refractivity contribution in [2.75, 3.05) is 19.6 Å².